The number of rotatable bonds is 7. The molecule has 1 aliphatic rings. The zero-order valence-electron chi connectivity index (χ0n) is 16.2. The Hall–Kier alpha value is -2.76. The van der Waals surface area contributed by atoms with Gasteiger partial charge in [-0.2, -0.15) is 0 Å². The molecule has 0 spiro atoms. The van der Waals surface area contributed by atoms with Gasteiger partial charge in [-0.3, -0.25) is 4.79 Å². The van der Waals surface area contributed by atoms with E-state index in [-0.39, 0.29) is 11.9 Å². The lowest BCUT2D eigenvalue weighted by atomic mass is 10.1. The number of ether oxygens (including phenoxy) is 2. The fourth-order valence-electron chi connectivity index (χ4n) is 3.71. The van der Waals surface area contributed by atoms with E-state index >= 15 is 0 Å². The predicted octanol–water partition coefficient (Wildman–Crippen LogP) is 3.73. The van der Waals surface area contributed by atoms with Gasteiger partial charge in [0.2, 0.25) is 0 Å². The third kappa shape index (κ3) is 4.15. The largest absolute Gasteiger partial charge is 0.493 e. The number of carbonyl (C=O) groups is 1. The van der Waals surface area contributed by atoms with E-state index in [1.54, 1.807) is 39.6 Å². The van der Waals surface area contributed by atoms with Crippen LogP contribution in [0.15, 0.2) is 36.5 Å². The lowest BCUT2D eigenvalue weighted by molar-refractivity contribution is 0.0662. The summed E-state index contributed by atoms with van der Waals surface area (Å²) in [6.07, 6.45) is 6.03. The number of para-hydroxylation sites is 1. The number of hydrogen-bond acceptors (Lipinski definition) is 5. The molecular formula is C21H27N3O3. The van der Waals surface area contributed by atoms with Crippen LogP contribution in [0.2, 0.25) is 0 Å². The molecule has 1 heterocycles. The summed E-state index contributed by atoms with van der Waals surface area (Å²) in [7, 11) is 5.05. The molecule has 1 aromatic carbocycles. The van der Waals surface area contributed by atoms with Gasteiger partial charge in [-0.25, -0.2) is 4.98 Å². The van der Waals surface area contributed by atoms with E-state index in [0.717, 1.165) is 31.2 Å². The molecule has 1 fully saturated rings. The average Bonchev–Trinajstić information content (AvgIpc) is 3.25. The van der Waals surface area contributed by atoms with E-state index < -0.39 is 0 Å². The quantitative estimate of drug-likeness (QED) is 0.806. The molecule has 0 saturated heterocycles. The van der Waals surface area contributed by atoms with Crippen LogP contribution >= 0.6 is 0 Å². The van der Waals surface area contributed by atoms with Crippen LogP contribution < -0.4 is 14.8 Å². The maximum absolute atomic E-state index is 13.4. The van der Waals surface area contributed by atoms with Crippen molar-refractivity contribution in [3.05, 3.63) is 47.7 Å². The van der Waals surface area contributed by atoms with Crippen molar-refractivity contribution in [2.45, 2.75) is 38.3 Å². The molecule has 1 aliphatic carbocycles. The Balaban J connectivity index is 1.94. The molecule has 0 unspecified atom stereocenters. The minimum Gasteiger partial charge on any atom is -0.493 e. The van der Waals surface area contributed by atoms with Crippen LogP contribution in [0.4, 0.5) is 5.82 Å². The number of amides is 1. The van der Waals surface area contributed by atoms with Crippen molar-refractivity contribution < 1.29 is 14.3 Å². The molecule has 6 heteroatoms. The second kappa shape index (κ2) is 8.75. The smallest absolute Gasteiger partial charge is 0.254 e. The average molecular weight is 369 g/mol. The lowest BCUT2D eigenvalue weighted by Crippen LogP contribution is -2.38. The van der Waals surface area contributed by atoms with Gasteiger partial charge in [-0.05, 0) is 31.0 Å². The summed E-state index contributed by atoms with van der Waals surface area (Å²) in [5.74, 6) is 2.06. The Morgan fingerprint density at radius 2 is 2.00 bits per heavy atom. The van der Waals surface area contributed by atoms with Gasteiger partial charge in [-0.15, -0.1) is 0 Å². The van der Waals surface area contributed by atoms with Gasteiger partial charge in [0.15, 0.2) is 11.5 Å². The second-order valence-corrected chi connectivity index (χ2v) is 6.70. The highest BCUT2D eigenvalue weighted by Gasteiger charge is 2.29. The van der Waals surface area contributed by atoms with Crippen LogP contribution in [0.3, 0.4) is 0 Å². The monoisotopic (exact) mass is 369 g/mol. The second-order valence-electron chi connectivity index (χ2n) is 6.70. The molecular weight excluding hydrogens is 342 g/mol. The summed E-state index contributed by atoms with van der Waals surface area (Å²) in [5.41, 5.74) is 1.59. The Bertz CT molecular complexity index is 788. The normalized spacial score (nSPS) is 14.0. The highest BCUT2D eigenvalue weighted by molar-refractivity contribution is 5.95. The summed E-state index contributed by atoms with van der Waals surface area (Å²) in [6, 6.07) is 9.59. The molecule has 1 N–H and O–H groups in total. The highest BCUT2D eigenvalue weighted by atomic mass is 16.5. The van der Waals surface area contributed by atoms with Crippen molar-refractivity contribution in [2.24, 2.45) is 0 Å². The minimum absolute atomic E-state index is 0.0191. The molecule has 0 atom stereocenters. The fraction of sp³-hybridized carbons (Fsp3) is 0.429. The number of nitrogens with one attached hydrogen (secondary N) is 1. The number of carbonyl (C=O) groups excluding carboxylic acids is 1. The summed E-state index contributed by atoms with van der Waals surface area (Å²) < 4.78 is 11.0. The van der Waals surface area contributed by atoms with Crippen molar-refractivity contribution in [1.29, 1.82) is 0 Å². The van der Waals surface area contributed by atoms with Crippen molar-refractivity contribution in [1.82, 2.24) is 9.88 Å². The number of anilines is 1. The molecule has 27 heavy (non-hydrogen) atoms. The highest BCUT2D eigenvalue weighted by Crippen LogP contribution is 2.34. The van der Waals surface area contributed by atoms with Crippen LogP contribution in [0.1, 0.15) is 41.6 Å². The van der Waals surface area contributed by atoms with Crippen molar-refractivity contribution in [3.63, 3.8) is 0 Å². The zero-order valence-corrected chi connectivity index (χ0v) is 16.2. The molecule has 144 valence electrons. The Morgan fingerprint density at radius 3 is 2.67 bits per heavy atom. The predicted molar refractivity (Wildman–Crippen MR) is 105 cm³/mol. The van der Waals surface area contributed by atoms with Gasteiger partial charge in [0.25, 0.3) is 5.91 Å². The van der Waals surface area contributed by atoms with E-state index in [9.17, 15) is 4.79 Å². The third-order valence-electron chi connectivity index (χ3n) is 5.11. The van der Waals surface area contributed by atoms with Crippen LogP contribution in [-0.2, 0) is 6.54 Å². The topological polar surface area (TPSA) is 63.7 Å². The molecule has 1 aromatic heterocycles. The lowest BCUT2D eigenvalue weighted by Gasteiger charge is -2.30. The molecule has 0 aliphatic heterocycles. The summed E-state index contributed by atoms with van der Waals surface area (Å²) in [4.78, 5) is 19.5. The SMILES string of the molecule is CNc1cc(C(=O)N(Cc2cccc(OC)c2OC)C2CCCC2)ccn1. The summed E-state index contributed by atoms with van der Waals surface area (Å²) in [5, 5.41) is 3.00. The van der Waals surface area contributed by atoms with Crippen LogP contribution in [0, 0.1) is 0 Å². The van der Waals surface area contributed by atoms with Gasteiger partial charge in [0.1, 0.15) is 5.82 Å². The van der Waals surface area contributed by atoms with Gasteiger partial charge < -0.3 is 19.7 Å². The Labute approximate surface area is 160 Å². The maximum atomic E-state index is 13.4. The van der Waals surface area contributed by atoms with Gasteiger partial charge in [-0.1, -0.05) is 25.0 Å². The Morgan fingerprint density at radius 1 is 1.22 bits per heavy atom. The van der Waals surface area contributed by atoms with E-state index in [1.165, 1.54) is 0 Å². The maximum Gasteiger partial charge on any atom is 0.254 e. The number of aromatic nitrogens is 1. The minimum atomic E-state index is 0.0191. The molecule has 0 bridgehead atoms. The van der Waals surface area contributed by atoms with Crippen molar-refractivity contribution in [3.8, 4) is 11.5 Å². The first-order valence-electron chi connectivity index (χ1n) is 9.32. The first-order valence-corrected chi connectivity index (χ1v) is 9.32. The molecule has 3 rings (SSSR count). The number of methoxy groups -OCH3 is 2. The third-order valence-corrected chi connectivity index (χ3v) is 5.11. The van der Waals surface area contributed by atoms with Crippen LogP contribution in [-0.4, -0.2) is 43.1 Å². The van der Waals surface area contributed by atoms with Crippen LogP contribution in [0.5, 0.6) is 11.5 Å². The first kappa shape index (κ1) is 19.0. The van der Waals surface area contributed by atoms with E-state index in [4.69, 9.17) is 9.47 Å². The first-order chi connectivity index (χ1) is 13.2. The molecule has 6 nitrogen and oxygen atoms in total. The number of nitrogens with zero attached hydrogens (tertiary/aromatic N) is 2. The molecule has 1 amide bonds. The molecule has 1 saturated carbocycles. The van der Waals surface area contributed by atoms with Gasteiger partial charge in [0, 0.05) is 30.4 Å². The standard InChI is InChI=1S/C21H27N3O3/c1-22-19-13-15(11-12-23-19)21(25)24(17-8-4-5-9-17)14-16-7-6-10-18(26-2)20(16)27-3/h6-7,10-13,17H,4-5,8-9,14H2,1-3H3,(H,22,23). The zero-order chi connectivity index (χ0) is 19.2. The number of pyridine rings is 1. The number of benzene rings is 1. The number of hydrogen-bond donors (Lipinski definition) is 1. The van der Waals surface area contributed by atoms with E-state index in [1.807, 2.05) is 23.1 Å². The van der Waals surface area contributed by atoms with Crippen LogP contribution in [0.25, 0.3) is 0 Å². The fourth-order valence-corrected chi connectivity index (χ4v) is 3.71. The van der Waals surface area contributed by atoms with E-state index in [2.05, 4.69) is 10.3 Å². The Kier molecular flexibility index (Phi) is 6.16. The summed E-state index contributed by atoms with van der Waals surface area (Å²) in [6.45, 7) is 0.487. The summed E-state index contributed by atoms with van der Waals surface area (Å²) >= 11 is 0. The van der Waals surface area contributed by atoms with E-state index in [0.29, 0.717) is 29.4 Å². The van der Waals surface area contributed by atoms with Gasteiger partial charge in [0.05, 0.1) is 20.8 Å². The van der Waals surface area contributed by atoms with Crippen molar-refractivity contribution >= 4 is 11.7 Å². The van der Waals surface area contributed by atoms with Crippen molar-refractivity contribution in [2.75, 3.05) is 26.6 Å². The molecule has 2 aromatic rings. The van der Waals surface area contributed by atoms with Gasteiger partial charge >= 0.3 is 0 Å². The molecule has 0 radical (unpaired) electrons.